The van der Waals surface area contributed by atoms with Crippen LogP contribution in [0.4, 0.5) is 21.5 Å². The summed E-state index contributed by atoms with van der Waals surface area (Å²) in [5, 5.41) is 9.17. The quantitative estimate of drug-likeness (QED) is 0.432. The number of pyridine rings is 1. The van der Waals surface area contributed by atoms with E-state index in [1.807, 2.05) is 59.1 Å². The lowest BCUT2D eigenvalue weighted by atomic mass is 10.1. The average Bonchev–Trinajstić information content (AvgIpc) is 3.37. The molecule has 0 spiro atoms. The van der Waals surface area contributed by atoms with Crippen molar-refractivity contribution in [2.75, 3.05) is 50.3 Å². The molecule has 0 bridgehead atoms. The van der Waals surface area contributed by atoms with Crippen LogP contribution in [0.3, 0.4) is 0 Å². The molecule has 0 amide bonds. The minimum Gasteiger partial charge on any atom is -0.494 e. The molecule has 3 N–H and O–H groups in total. The third-order valence-corrected chi connectivity index (χ3v) is 4.49. The number of hydrogen-bond acceptors (Lipinski definition) is 6. The number of rotatable bonds is 5. The Bertz CT molecular complexity index is 923. The van der Waals surface area contributed by atoms with Gasteiger partial charge in [-0.05, 0) is 43.3 Å². The van der Waals surface area contributed by atoms with Crippen molar-refractivity contribution >= 4 is 17.1 Å². The first-order valence-electron chi connectivity index (χ1n) is 11.2. The van der Waals surface area contributed by atoms with Crippen molar-refractivity contribution < 1.29 is 13.9 Å². The summed E-state index contributed by atoms with van der Waals surface area (Å²) in [7, 11) is 5.26. The lowest BCUT2D eigenvalue weighted by molar-refractivity contribution is 0.357. The fourth-order valence-electron chi connectivity index (χ4n) is 2.94. The molecule has 2 heterocycles. The Balaban J connectivity index is 0.000000242. The van der Waals surface area contributed by atoms with E-state index in [1.165, 1.54) is 24.4 Å². The molecule has 0 aliphatic carbocycles. The third kappa shape index (κ3) is 9.27. The lowest BCUT2D eigenvalue weighted by Gasteiger charge is -2.05. The predicted molar refractivity (Wildman–Crippen MR) is 137 cm³/mol. The highest BCUT2D eigenvalue weighted by Crippen LogP contribution is 2.30. The largest absolute Gasteiger partial charge is 0.494 e. The summed E-state index contributed by atoms with van der Waals surface area (Å²) >= 11 is 0. The van der Waals surface area contributed by atoms with Gasteiger partial charge in [-0.25, -0.2) is 4.39 Å². The Kier molecular flexibility index (Phi) is 13.5. The van der Waals surface area contributed by atoms with E-state index in [9.17, 15) is 4.39 Å². The number of nitrogens with one attached hydrogen (secondary N) is 3. The normalized spacial score (nSPS) is 10.4. The molecule has 4 rings (SSSR count). The van der Waals surface area contributed by atoms with Gasteiger partial charge < -0.3 is 25.4 Å². The SMILES string of the molecule is CC.CCNc1ccc(F)c(OC)c1.CNc1cccc2c1CCO2.CNc1cccnc1. The van der Waals surface area contributed by atoms with E-state index in [0.717, 1.165) is 36.7 Å². The Morgan fingerprint density at radius 1 is 1.03 bits per heavy atom. The fraction of sp³-hybridized carbons (Fsp3) is 0.346. The standard InChI is InChI=1S/C9H12FNO.C9H11NO.C6H8N2.C2H6/c1-3-11-7-4-5-8(10)9(6-7)12-2;1-10-8-3-2-4-9-7(8)5-6-11-9;1-7-6-3-2-4-8-5-6;1-2/h4-6,11H,3H2,1-2H3;2-4,10H,5-6H2,1H3;2-5,7H,1H3;1-2H3. The lowest BCUT2D eigenvalue weighted by Crippen LogP contribution is -1.97. The minimum absolute atomic E-state index is 0.272. The van der Waals surface area contributed by atoms with E-state index in [0.29, 0.717) is 0 Å². The van der Waals surface area contributed by atoms with Crippen molar-refractivity contribution in [2.24, 2.45) is 0 Å². The molecule has 0 saturated carbocycles. The van der Waals surface area contributed by atoms with Crippen LogP contribution in [0.15, 0.2) is 60.9 Å². The number of methoxy groups -OCH3 is 1. The first kappa shape index (κ1) is 27.6. The topological polar surface area (TPSA) is 67.4 Å². The molecule has 1 aliphatic rings. The molecule has 0 saturated heterocycles. The van der Waals surface area contributed by atoms with Gasteiger partial charge in [0.05, 0.1) is 19.4 Å². The fourth-order valence-corrected chi connectivity index (χ4v) is 2.94. The molecule has 33 heavy (non-hydrogen) atoms. The van der Waals surface area contributed by atoms with Gasteiger partial charge >= 0.3 is 0 Å². The summed E-state index contributed by atoms with van der Waals surface area (Å²) in [6, 6.07) is 14.7. The highest BCUT2D eigenvalue weighted by molar-refractivity contribution is 5.58. The molecule has 0 unspecified atom stereocenters. The number of anilines is 3. The second kappa shape index (κ2) is 16.2. The van der Waals surface area contributed by atoms with Crippen LogP contribution in [0.1, 0.15) is 26.3 Å². The van der Waals surface area contributed by atoms with Crippen LogP contribution in [0.2, 0.25) is 0 Å². The second-order valence-electron chi connectivity index (χ2n) is 6.50. The molecule has 7 heteroatoms. The molecule has 3 aromatic rings. The van der Waals surface area contributed by atoms with Gasteiger partial charge in [-0.1, -0.05) is 19.9 Å². The number of benzene rings is 2. The number of hydrogen-bond donors (Lipinski definition) is 3. The highest BCUT2D eigenvalue weighted by atomic mass is 19.1. The Morgan fingerprint density at radius 3 is 2.39 bits per heavy atom. The van der Waals surface area contributed by atoms with Crippen molar-refractivity contribution in [2.45, 2.75) is 27.2 Å². The predicted octanol–water partition coefficient (Wildman–Crippen LogP) is 6.08. The monoisotopic (exact) mass is 456 g/mol. The van der Waals surface area contributed by atoms with Gasteiger partial charge in [-0.2, -0.15) is 0 Å². The van der Waals surface area contributed by atoms with Gasteiger partial charge in [-0.3, -0.25) is 4.98 Å². The summed E-state index contributed by atoms with van der Waals surface area (Å²) in [6.07, 6.45) is 4.56. The zero-order valence-electron chi connectivity index (χ0n) is 20.5. The van der Waals surface area contributed by atoms with E-state index < -0.39 is 0 Å². The number of ether oxygens (including phenoxy) is 2. The van der Waals surface area contributed by atoms with Gasteiger partial charge in [-0.15, -0.1) is 0 Å². The zero-order valence-corrected chi connectivity index (χ0v) is 20.5. The molecule has 0 fully saturated rings. The van der Waals surface area contributed by atoms with E-state index >= 15 is 0 Å². The van der Waals surface area contributed by atoms with Crippen LogP contribution in [0.25, 0.3) is 0 Å². The van der Waals surface area contributed by atoms with Crippen LogP contribution in [-0.2, 0) is 6.42 Å². The van der Waals surface area contributed by atoms with Gasteiger partial charge in [0.15, 0.2) is 11.6 Å². The van der Waals surface area contributed by atoms with Crippen LogP contribution in [0.5, 0.6) is 11.5 Å². The summed E-state index contributed by atoms with van der Waals surface area (Å²) in [4.78, 5) is 3.89. The van der Waals surface area contributed by atoms with Crippen molar-refractivity contribution in [1.82, 2.24) is 4.98 Å². The van der Waals surface area contributed by atoms with E-state index in [-0.39, 0.29) is 11.6 Å². The maximum atomic E-state index is 12.9. The highest BCUT2D eigenvalue weighted by Gasteiger charge is 2.14. The number of halogens is 1. The van der Waals surface area contributed by atoms with Gasteiger partial charge in [0, 0.05) is 62.5 Å². The van der Waals surface area contributed by atoms with Crippen molar-refractivity contribution in [1.29, 1.82) is 0 Å². The zero-order chi connectivity index (χ0) is 24.5. The van der Waals surface area contributed by atoms with Crippen LogP contribution < -0.4 is 25.4 Å². The first-order chi connectivity index (χ1) is 16.1. The van der Waals surface area contributed by atoms with Gasteiger partial charge in [0.2, 0.25) is 0 Å². The maximum Gasteiger partial charge on any atom is 0.165 e. The van der Waals surface area contributed by atoms with Crippen molar-refractivity contribution in [3.05, 3.63) is 72.3 Å². The Hall–Kier alpha value is -3.48. The molecule has 2 aromatic carbocycles. The van der Waals surface area contributed by atoms with Crippen molar-refractivity contribution in [3.8, 4) is 11.5 Å². The third-order valence-electron chi connectivity index (χ3n) is 4.49. The van der Waals surface area contributed by atoms with Crippen LogP contribution >= 0.6 is 0 Å². The minimum atomic E-state index is -0.334. The second-order valence-corrected chi connectivity index (χ2v) is 6.50. The number of fused-ring (bicyclic) bond motifs is 1. The van der Waals surface area contributed by atoms with Gasteiger partial charge in [0.25, 0.3) is 0 Å². The molecule has 1 aromatic heterocycles. The van der Waals surface area contributed by atoms with E-state index in [4.69, 9.17) is 9.47 Å². The van der Waals surface area contributed by atoms with Crippen molar-refractivity contribution in [3.63, 3.8) is 0 Å². The smallest absolute Gasteiger partial charge is 0.165 e. The maximum absolute atomic E-state index is 12.9. The number of aromatic nitrogens is 1. The van der Waals surface area contributed by atoms with Gasteiger partial charge in [0.1, 0.15) is 5.75 Å². The molecule has 1 aliphatic heterocycles. The van der Waals surface area contributed by atoms with E-state index in [1.54, 1.807) is 24.5 Å². The first-order valence-corrected chi connectivity index (χ1v) is 11.2. The molecular weight excluding hydrogens is 419 g/mol. The molecule has 180 valence electrons. The molecule has 0 atom stereocenters. The van der Waals surface area contributed by atoms with Crippen LogP contribution in [-0.4, -0.2) is 39.3 Å². The average molecular weight is 457 g/mol. The van der Waals surface area contributed by atoms with Crippen LogP contribution in [0, 0.1) is 5.82 Å². The Morgan fingerprint density at radius 2 is 1.82 bits per heavy atom. The Labute approximate surface area is 197 Å². The number of nitrogens with zero attached hydrogens (tertiary/aromatic N) is 1. The summed E-state index contributed by atoms with van der Waals surface area (Å²) in [5.41, 5.74) is 4.43. The van der Waals surface area contributed by atoms with E-state index in [2.05, 4.69) is 27.0 Å². The summed E-state index contributed by atoms with van der Waals surface area (Å²) < 4.78 is 23.1. The summed E-state index contributed by atoms with van der Waals surface area (Å²) in [5.74, 6) is 0.976. The summed E-state index contributed by atoms with van der Waals surface area (Å²) in [6.45, 7) is 7.62. The molecule has 6 nitrogen and oxygen atoms in total. The molecular formula is C26H37FN4O2. The molecule has 0 radical (unpaired) electrons.